The predicted molar refractivity (Wildman–Crippen MR) is 64.9 cm³/mol. The van der Waals surface area contributed by atoms with Gasteiger partial charge in [-0.1, -0.05) is 19.1 Å². The van der Waals surface area contributed by atoms with Crippen LogP contribution in [0.5, 0.6) is 0 Å². The first-order valence-electron chi connectivity index (χ1n) is 6.15. The van der Waals surface area contributed by atoms with Gasteiger partial charge in [0.1, 0.15) is 5.82 Å². The molecule has 0 spiro atoms. The van der Waals surface area contributed by atoms with Crippen molar-refractivity contribution in [3.05, 3.63) is 35.6 Å². The van der Waals surface area contributed by atoms with Crippen molar-refractivity contribution in [3.8, 4) is 0 Å². The standard InChI is InChI=1S/C14H20FN/c1-10-9-14(10)16-11(2)3-4-12-5-7-13(15)8-6-12/h5-8,10-11,14,16H,3-4,9H2,1-2H3. The van der Waals surface area contributed by atoms with Gasteiger partial charge in [0.05, 0.1) is 0 Å². The van der Waals surface area contributed by atoms with Crippen molar-refractivity contribution in [2.24, 2.45) is 5.92 Å². The third-order valence-corrected chi connectivity index (χ3v) is 3.39. The van der Waals surface area contributed by atoms with Crippen molar-refractivity contribution in [2.45, 2.75) is 45.2 Å². The first kappa shape index (κ1) is 11.6. The average Bonchev–Trinajstić information content (AvgIpc) is 2.93. The minimum atomic E-state index is -0.151. The summed E-state index contributed by atoms with van der Waals surface area (Å²) in [7, 11) is 0. The maximum absolute atomic E-state index is 12.7. The van der Waals surface area contributed by atoms with Crippen LogP contribution in [0.3, 0.4) is 0 Å². The van der Waals surface area contributed by atoms with Gasteiger partial charge in [-0.15, -0.1) is 0 Å². The first-order valence-corrected chi connectivity index (χ1v) is 6.15. The molecule has 1 aliphatic rings. The van der Waals surface area contributed by atoms with Gasteiger partial charge in [0.15, 0.2) is 0 Å². The molecule has 1 aromatic rings. The molecule has 0 saturated heterocycles. The molecule has 1 aromatic carbocycles. The van der Waals surface area contributed by atoms with E-state index in [-0.39, 0.29) is 5.82 Å². The second-order valence-corrected chi connectivity index (χ2v) is 5.05. The Balaban J connectivity index is 1.72. The molecule has 0 heterocycles. The highest BCUT2D eigenvalue weighted by Gasteiger charge is 2.32. The maximum atomic E-state index is 12.7. The molecule has 1 aliphatic carbocycles. The quantitative estimate of drug-likeness (QED) is 0.805. The van der Waals surface area contributed by atoms with Crippen LogP contribution >= 0.6 is 0 Å². The zero-order chi connectivity index (χ0) is 11.5. The highest BCUT2D eigenvalue weighted by molar-refractivity contribution is 5.16. The summed E-state index contributed by atoms with van der Waals surface area (Å²) in [6.07, 6.45) is 3.46. The summed E-state index contributed by atoms with van der Waals surface area (Å²) in [5.41, 5.74) is 1.22. The van der Waals surface area contributed by atoms with Gasteiger partial charge in [-0.2, -0.15) is 0 Å². The number of aryl methyl sites for hydroxylation is 1. The van der Waals surface area contributed by atoms with Crippen LogP contribution in [0.15, 0.2) is 24.3 Å². The molecule has 0 aromatic heterocycles. The fourth-order valence-corrected chi connectivity index (χ4v) is 2.04. The lowest BCUT2D eigenvalue weighted by Crippen LogP contribution is -2.29. The Morgan fingerprint density at radius 1 is 1.38 bits per heavy atom. The van der Waals surface area contributed by atoms with E-state index < -0.39 is 0 Å². The molecule has 1 nitrogen and oxygen atoms in total. The average molecular weight is 221 g/mol. The Hall–Kier alpha value is -0.890. The molecule has 1 N–H and O–H groups in total. The van der Waals surface area contributed by atoms with Crippen LogP contribution < -0.4 is 5.32 Å². The van der Waals surface area contributed by atoms with Crippen molar-refractivity contribution in [1.29, 1.82) is 0 Å². The van der Waals surface area contributed by atoms with Crippen LogP contribution in [-0.2, 0) is 6.42 Å². The van der Waals surface area contributed by atoms with Crippen LogP contribution in [0.2, 0.25) is 0 Å². The summed E-state index contributed by atoms with van der Waals surface area (Å²) in [6, 6.07) is 8.12. The van der Waals surface area contributed by atoms with Gasteiger partial charge in [-0.3, -0.25) is 0 Å². The molecular formula is C14H20FN. The fraction of sp³-hybridized carbons (Fsp3) is 0.571. The zero-order valence-electron chi connectivity index (χ0n) is 10.0. The molecule has 0 aliphatic heterocycles. The number of rotatable bonds is 5. The smallest absolute Gasteiger partial charge is 0.123 e. The Morgan fingerprint density at radius 2 is 2.00 bits per heavy atom. The van der Waals surface area contributed by atoms with E-state index in [9.17, 15) is 4.39 Å². The molecule has 0 bridgehead atoms. The van der Waals surface area contributed by atoms with Gasteiger partial charge in [-0.25, -0.2) is 4.39 Å². The summed E-state index contributed by atoms with van der Waals surface area (Å²) in [6.45, 7) is 4.51. The lowest BCUT2D eigenvalue weighted by molar-refractivity contribution is 0.499. The molecule has 0 amide bonds. The molecule has 2 heteroatoms. The molecule has 3 unspecified atom stereocenters. The van der Waals surface area contributed by atoms with E-state index in [4.69, 9.17) is 0 Å². The monoisotopic (exact) mass is 221 g/mol. The van der Waals surface area contributed by atoms with Gasteiger partial charge in [0.25, 0.3) is 0 Å². The Kier molecular flexibility index (Phi) is 3.59. The Labute approximate surface area is 97.1 Å². The van der Waals surface area contributed by atoms with E-state index in [1.165, 1.54) is 24.1 Å². The number of nitrogens with one attached hydrogen (secondary N) is 1. The highest BCUT2D eigenvalue weighted by atomic mass is 19.1. The second kappa shape index (κ2) is 4.96. The normalized spacial score (nSPS) is 25.4. The predicted octanol–water partition coefficient (Wildman–Crippen LogP) is 3.14. The Bertz CT molecular complexity index is 333. The van der Waals surface area contributed by atoms with Crippen LogP contribution in [0.25, 0.3) is 0 Å². The molecular weight excluding hydrogens is 201 g/mol. The minimum Gasteiger partial charge on any atom is -0.311 e. The number of hydrogen-bond donors (Lipinski definition) is 1. The van der Waals surface area contributed by atoms with Crippen molar-refractivity contribution >= 4 is 0 Å². The third kappa shape index (κ3) is 3.31. The maximum Gasteiger partial charge on any atom is 0.123 e. The number of halogens is 1. The minimum absolute atomic E-state index is 0.151. The fourth-order valence-electron chi connectivity index (χ4n) is 2.04. The zero-order valence-corrected chi connectivity index (χ0v) is 10.0. The van der Waals surface area contributed by atoms with E-state index in [1.54, 1.807) is 0 Å². The van der Waals surface area contributed by atoms with Crippen molar-refractivity contribution in [3.63, 3.8) is 0 Å². The second-order valence-electron chi connectivity index (χ2n) is 5.05. The van der Waals surface area contributed by atoms with Crippen molar-refractivity contribution in [1.82, 2.24) is 5.32 Å². The van der Waals surface area contributed by atoms with Crippen LogP contribution in [0.1, 0.15) is 32.3 Å². The summed E-state index contributed by atoms with van der Waals surface area (Å²) in [5, 5.41) is 3.61. The first-order chi connectivity index (χ1) is 7.65. The van der Waals surface area contributed by atoms with Crippen LogP contribution in [0.4, 0.5) is 4.39 Å². The van der Waals surface area contributed by atoms with Crippen LogP contribution in [0, 0.1) is 11.7 Å². The lowest BCUT2D eigenvalue weighted by atomic mass is 10.1. The summed E-state index contributed by atoms with van der Waals surface area (Å²) < 4.78 is 12.7. The van der Waals surface area contributed by atoms with Crippen molar-refractivity contribution in [2.75, 3.05) is 0 Å². The molecule has 88 valence electrons. The SMILES string of the molecule is CC(CCc1ccc(F)cc1)NC1CC1C. The van der Waals surface area contributed by atoms with Crippen LogP contribution in [-0.4, -0.2) is 12.1 Å². The summed E-state index contributed by atoms with van der Waals surface area (Å²) in [4.78, 5) is 0. The van der Waals surface area contributed by atoms with Gasteiger partial charge in [-0.05, 0) is 49.8 Å². The van der Waals surface area contributed by atoms with Gasteiger partial charge in [0.2, 0.25) is 0 Å². The molecule has 1 fully saturated rings. The Morgan fingerprint density at radius 3 is 2.56 bits per heavy atom. The van der Waals surface area contributed by atoms with E-state index in [1.807, 2.05) is 12.1 Å². The third-order valence-electron chi connectivity index (χ3n) is 3.39. The number of hydrogen-bond acceptors (Lipinski definition) is 1. The van der Waals surface area contributed by atoms with Gasteiger partial charge < -0.3 is 5.32 Å². The van der Waals surface area contributed by atoms with E-state index in [0.717, 1.165) is 24.8 Å². The highest BCUT2D eigenvalue weighted by Crippen LogP contribution is 2.29. The van der Waals surface area contributed by atoms with E-state index in [0.29, 0.717) is 6.04 Å². The molecule has 16 heavy (non-hydrogen) atoms. The molecule has 2 rings (SSSR count). The summed E-state index contributed by atoms with van der Waals surface area (Å²) >= 11 is 0. The largest absolute Gasteiger partial charge is 0.311 e. The molecule has 0 radical (unpaired) electrons. The number of benzene rings is 1. The topological polar surface area (TPSA) is 12.0 Å². The lowest BCUT2D eigenvalue weighted by Gasteiger charge is -2.13. The van der Waals surface area contributed by atoms with E-state index in [2.05, 4.69) is 19.2 Å². The molecule has 3 atom stereocenters. The molecule has 1 saturated carbocycles. The van der Waals surface area contributed by atoms with Crippen molar-refractivity contribution < 1.29 is 4.39 Å². The van der Waals surface area contributed by atoms with Gasteiger partial charge >= 0.3 is 0 Å². The summed E-state index contributed by atoms with van der Waals surface area (Å²) in [5.74, 6) is 0.704. The van der Waals surface area contributed by atoms with Gasteiger partial charge in [0, 0.05) is 12.1 Å². The van der Waals surface area contributed by atoms with E-state index >= 15 is 0 Å².